The number of para-hydroxylation sites is 2. The summed E-state index contributed by atoms with van der Waals surface area (Å²) in [5, 5.41) is 10.2. The second-order valence-electron chi connectivity index (χ2n) is 5.02. The van der Waals surface area contributed by atoms with E-state index in [0.717, 1.165) is 21.9 Å². The zero-order valence-electron chi connectivity index (χ0n) is 11.9. The Morgan fingerprint density at radius 2 is 1.91 bits per heavy atom. The fourth-order valence-corrected chi connectivity index (χ4v) is 3.36. The van der Waals surface area contributed by atoms with E-state index in [-0.39, 0.29) is 5.75 Å². The molecule has 4 nitrogen and oxygen atoms in total. The third-order valence-corrected chi connectivity index (χ3v) is 4.50. The first-order chi connectivity index (χ1) is 10.7. The van der Waals surface area contributed by atoms with E-state index in [2.05, 4.69) is 24.0 Å². The van der Waals surface area contributed by atoms with Crippen molar-refractivity contribution in [2.45, 2.75) is 6.92 Å². The molecule has 0 amide bonds. The van der Waals surface area contributed by atoms with Crippen LogP contribution >= 0.6 is 11.3 Å². The van der Waals surface area contributed by atoms with Gasteiger partial charge in [-0.05, 0) is 43.3 Å². The van der Waals surface area contributed by atoms with Crippen LogP contribution in [0.25, 0.3) is 27.6 Å². The van der Waals surface area contributed by atoms with Crippen LogP contribution in [0.1, 0.15) is 4.88 Å². The normalized spacial score (nSPS) is 11.1. The van der Waals surface area contributed by atoms with Gasteiger partial charge < -0.3 is 5.11 Å². The topological polar surface area (TPSA) is 50.9 Å². The van der Waals surface area contributed by atoms with Gasteiger partial charge >= 0.3 is 0 Å². The molecule has 3 heterocycles. The minimum Gasteiger partial charge on any atom is -0.506 e. The van der Waals surface area contributed by atoms with Crippen molar-refractivity contribution in [2.75, 3.05) is 0 Å². The number of benzene rings is 1. The Labute approximate surface area is 131 Å². The number of phenols is 1. The standard InChI is InChI=1S/C17H13N3OS/c1-11-8-9-15(22-11)17-19-12-5-4-10-18-16(12)20(17)13-6-2-3-7-14(13)21/h2-10,21H,1H3. The number of aryl methyl sites for hydroxylation is 1. The molecular formula is C17H13N3OS. The Balaban J connectivity index is 2.09. The van der Waals surface area contributed by atoms with Gasteiger partial charge in [0.05, 0.1) is 10.6 Å². The lowest BCUT2D eigenvalue weighted by atomic mass is 10.3. The smallest absolute Gasteiger partial charge is 0.165 e. The zero-order valence-corrected chi connectivity index (χ0v) is 12.7. The van der Waals surface area contributed by atoms with E-state index in [1.165, 1.54) is 4.88 Å². The molecule has 0 saturated carbocycles. The van der Waals surface area contributed by atoms with Gasteiger partial charge in [0, 0.05) is 11.1 Å². The molecule has 0 bridgehead atoms. The molecule has 0 aliphatic carbocycles. The second kappa shape index (κ2) is 4.96. The molecule has 1 N–H and O–H groups in total. The highest BCUT2D eigenvalue weighted by Gasteiger charge is 2.18. The van der Waals surface area contributed by atoms with E-state index in [1.54, 1.807) is 29.7 Å². The maximum absolute atomic E-state index is 10.2. The van der Waals surface area contributed by atoms with Crippen molar-refractivity contribution in [1.82, 2.24) is 14.5 Å². The Hall–Kier alpha value is -2.66. The molecule has 22 heavy (non-hydrogen) atoms. The maximum Gasteiger partial charge on any atom is 0.165 e. The van der Waals surface area contributed by atoms with Crippen molar-refractivity contribution < 1.29 is 5.11 Å². The number of hydrogen-bond donors (Lipinski definition) is 1. The molecule has 1 aromatic carbocycles. The summed E-state index contributed by atoms with van der Waals surface area (Å²) in [5.74, 6) is 1.01. The molecule has 4 rings (SSSR count). The highest BCUT2D eigenvalue weighted by atomic mass is 32.1. The first-order valence-corrected chi connectivity index (χ1v) is 7.74. The summed E-state index contributed by atoms with van der Waals surface area (Å²) in [6, 6.07) is 15.2. The van der Waals surface area contributed by atoms with Gasteiger partial charge in [-0.2, -0.15) is 0 Å². The first kappa shape index (κ1) is 13.0. The molecule has 5 heteroatoms. The molecule has 0 saturated heterocycles. The summed E-state index contributed by atoms with van der Waals surface area (Å²) >= 11 is 1.68. The number of aromatic hydroxyl groups is 1. The Morgan fingerprint density at radius 1 is 1.05 bits per heavy atom. The SMILES string of the molecule is Cc1ccc(-c2nc3cccnc3n2-c2ccccc2O)s1. The van der Waals surface area contributed by atoms with Crippen LogP contribution in [0.2, 0.25) is 0 Å². The van der Waals surface area contributed by atoms with Gasteiger partial charge in [0.2, 0.25) is 0 Å². The fraction of sp³-hybridized carbons (Fsp3) is 0.0588. The average molecular weight is 307 g/mol. The average Bonchev–Trinajstić information content (AvgIpc) is 3.11. The summed E-state index contributed by atoms with van der Waals surface area (Å²) in [4.78, 5) is 11.4. The summed E-state index contributed by atoms with van der Waals surface area (Å²) in [5.41, 5.74) is 2.24. The van der Waals surface area contributed by atoms with E-state index >= 15 is 0 Å². The number of thiophene rings is 1. The number of phenolic OH excluding ortho intramolecular Hbond substituents is 1. The van der Waals surface area contributed by atoms with Gasteiger partial charge in [-0.15, -0.1) is 11.3 Å². The molecule has 0 aliphatic heterocycles. The lowest BCUT2D eigenvalue weighted by Gasteiger charge is -2.09. The third kappa shape index (κ3) is 1.98. The molecule has 3 aromatic heterocycles. The van der Waals surface area contributed by atoms with E-state index in [0.29, 0.717) is 5.69 Å². The number of nitrogens with zero attached hydrogens (tertiary/aromatic N) is 3. The van der Waals surface area contributed by atoms with Crippen LogP contribution in [-0.2, 0) is 0 Å². The van der Waals surface area contributed by atoms with Gasteiger partial charge in [0.1, 0.15) is 11.3 Å². The quantitative estimate of drug-likeness (QED) is 0.605. The van der Waals surface area contributed by atoms with Gasteiger partial charge in [-0.25, -0.2) is 9.97 Å². The molecule has 0 radical (unpaired) electrons. The largest absolute Gasteiger partial charge is 0.506 e. The molecular weight excluding hydrogens is 294 g/mol. The predicted molar refractivity (Wildman–Crippen MR) is 88.6 cm³/mol. The summed E-state index contributed by atoms with van der Waals surface area (Å²) in [7, 11) is 0. The highest BCUT2D eigenvalue weighted by Crippen LogP contribution is 2.34. The molecule has 0 atom stereocenters. The lowest BCUT2D eigenvalue weighted by molar-refractivity contribution is 0.472. The highest BCUT2D eigenvalue weighted by molar-refractivity contribution is 7.15. The lowest BCUT2D eigenvalue weighted by Crippen LogP contribution is -1.98. The van der Waals surface area contributed by atoms with Crippen LogP contribution in [0.3, 0.4) is 0 Å². The van der Waals surface area contributed by atoms with Crippen molar-refractivity contribution in [2.24, 2.45) is 0 Å². The summed E-state index contributed by atoms with van der Waals surface area (Å²) in [6.45, 7) is 2.07. The van der Waals surface area contributed by atoms with Gasteiger partial charge in [-0.1, -0.05) is 12.1 Å². The molecule has 0 spiro atoms. The van der Waals surface area contributed by atoms with Crippen molar-refractivity contribution in [3.05, 3.63) is 59.6 Å². The minimum atomic E-state index is 0.210. The molecule has 0 aliphatic rings. The van der Waals surface area contributed by atoms with E-state index < -0.39 is 0 Å². The monoisotopic (exact) mass is 307 g/mol. The van der Waals surface area contributed by atoms with Crippen LogP contribution < -0.4 is 0 Å². The van der Waals surface area contributed by atoms with Crippen LogP contribution in [0.15, 0.2) is 54.7 Å². The minimum absolute atomic E-state index is 0.210. The number of imidazole rings is 1. The summed E-state index contributed by atoms with van der Waals surface area (Å²) in [6.07, 6.45) is 1.74. The van der Waals surface area contributed by atoms with Crippen LogP contribution in [0, 0.1) is 6.92 Å². The van der Waals surface area contributed by atoms with Crippen molar-refractivity contribution in [3.8, 4) is 22.1 Å². The number of pyridine rings is 1. The number of aromatic nitrogens is 3. The van der Waals surface area contributed by atoms with Crippen molar-refractivity contribution in [3.63, 3.8) is 0 Å². The maximum atomic E-state index is 10.2. The second-order valence-corrected chi connectivity index (χ2v) is 6.30. The van der Waals surface area contributed by atoms with Crippen molar-refractivity contribution >= 4 is 22.5 Å². The number of hydrogen-bond acceptors (Lipinski definition) is 4. The van der Waals surface area contributed by atoms with Crippen LogP contribution in [0.5, 0.6) is 5.75 Å². The van der Waals surface area contributed by atoms with E-state index in [1.807, 2.05) is 28.8 Å². The van der Waals surface area contributed by atoms with Crippen LogP contribution in [0.4, 0.5) is 0 Å². The van der Waals surface area contributed by atoms with E-state index in [9.17, 15) is 5.11 Å². The fourth-order valence-electron chi connectivity index (χ4n) is 2.51. The first-order valence-electron chi connectivity index (χ1n) is 6.93. The summed E-state index contributed by atoms with van der Waals surface area (Å²) < 4.78 is 1.91. The van der Waals surface area contributed by atoms with Gasteiger partial charge in [0.15, 0.2) is 11.5 Å². The molecule has 4 aromatic rings. The van der Waals surface area contributed by atoms with Crippen molar-refractivity contribution in [1.29, 1.82) is 0 Å². The Bertz CT molecular complexity index is 971. The molecule has 108 valence electrons. The van der Waals surface area contributed by atoms with Gasteiger partial charge in [0.25, 0.3) is 0 Å². The number of fused-ring (bicyclic) bond motifs is 1. The molecule has 0 unspecified atom stereocenters. The van der Waals surface area contributed by atoms with E-state index in [4.69, 9.17) is 4.98 Å². The zero-order chi connectivity index (χ0) is 15.1. The third-order valence-electron chi connectivity index (χ3n) is 3.50. The molecule has 0 fully saturated rings. The predicted octanol–water partition coefficient (Wildman–Crippen LogP) is 4.16. The number of rotatable bonds is 2. The van der Waals surface area contributed by atoms with Crippen LogP contribution in [-0.4, -0.2) is 19.6 Å². The Kier molecular flexibility index (Phi) is 2.94. The Morgan fingerprint density at radius 3 is 2.68 bits per heavy atom. The van der Waals surface area contributed by atoms with Gasteiger partial charge in [-0.3, -0.25) is 4.57 Å².